The molecule has 0 saturated heterocycles. The molecule has 0 aliphatic heterocycles. The Bertz CT molecular complexity index is 210. The molecule has 0 bridgehead atoms. The quantitative estimate of drug-likeness (QED) is 0.518. The molecule has 1 aliphatic carbocycles. The summed E-state index contributed by atoms with van der Waals surface area (Å²) in [5.41, 5.74) is 0.163. The Balaban J connectivity index is 2.63. The van der Waals surface area contributed by atoms with Gasteiger partial charge in [0.15, 0.2) is 11.6 Å². The lowest BCUT2D eigenvalue weighted by molar-refractivity contribution is -0.140. The van der Waals surface area contributed by atoms with Gasteiger partial charge >= 0.3 is 0 Å². The number of ketones is 2. The molecule has 0 spiro atoms. The van der Waals surface area contributed by atoms with E-state index in [1.54, 1.807) is 0 Å². The van der Waals surface area contributed by atoms with Crippen molar-refractivity contribution in [1.82, 2.24) is 0 Å². The van der Waals surface area contributed by atoms with Gasteiger partial charge in [-0.2, -0.15) is 0 Å². The number of carbonyl (C=O) groups is 2. The highest BCUT2D eigenvalue weighted by molar-refractivity contribution is 6.37. The molecular formula is C10H16O2. The van der Waals surface area contributed by atoms with Gasteiger partial charge in [0.1, 0.15) is 0 Å². The van der Waals surface area contributed by atoms with Gasteiger partial charge < -0.3 is 0 Å². The van der Waals surface area contributed by atoms with Gasteiger partial charge in [0, 0.05) is 12.8 Å². The van der Waals surface area contributed by atoms with E-state index in [4.69, 9.17) is 0 Å². The van der Waals surface area contributed by atoms with Gasteiger partial charge in [-0.3, -0.25) is 9.59 Å². The summed E-state index contributed by atoms with van der Waals surface area (Å²) in [4.78, 5) is 22.0. The molecule has 2 nitrogen and oxygen atoms in total. The topological polar surface area (TPSA) is 34.1 Å². The van der Waals surface area contributed by atoms with Crippen molar-refractivity contribution in [3.8, 4) is 0 Å². The third-order valence-electron chi connectivity index (χ3n) is 2.69. The van der Waals surface area contributed by atoms with Crippen molar-refractivity contribution in [2.24, 2.45) is 11.3 Å². The molecule has 0 N–H and O–H groups in total. The first kappa shape index (κ1) is 9.43. The van der Waals surface area contributed by atoms with Crippen LogP contribution in [0.4, 0.5) is 0 Å². The van der Waals surface area contributed by atoms with Crippen LogP contribution in [0.2, 0.25) is 0 Å². The zero-order valence-corrected chi connectivity index (χ0v) is 8.02. The van der Waals surface area contributed by atoms with Crippen molar-refractivity contribution in [2.75, 3.05) is 0 Å². The van der Waals surface area contributed by atoms with E-state index in [0.717, 1.165) is 6.42 Å². The molecule has 2 heteroatoms. The van der Waals surface area contributed by atoms with Gasteiger partial charge in [-0.15, -0.1) is 0 Å². The third-order valence-corrected chi connectivity index (χ3v) is 2.69. The molecular weight excluding hydrogens is 152 g/mol. The number of Topliss-reactive ketones (excluding diaryl/α,β-unsaturated/α-hetero) is 2. The SMILES string of the molecule is CC(C)(C)C1CCC(=O)C(=O)C1. The van der Waals surface area contributed by atoms with Crippen molar-refractivity contribution in [2.45, 2.75) is 40.0 Å². The Morgan fingerprint density at radius 2 is 1.75 bits per heavy atom. The van der Waals surface area contributed by atoms with Crippen LogP contribution in [-0.4, -0.2) is 11.6 Å². The van der Waals surface area contributed by atoms with E-state index >= 15 is 0 Å². The summed E-state index contributed by atoms with van der Waals surface area (Å²) < 4.78 is 0. The predicted octanol–water partition coefficient (Wildman–Crippen LogP) is 1.97. The molecule has 68 valence electrons. The van der Waals surface area contributed by atoms with E-state index in [0.29, 0.717) is 18.8 Å². The molecule has 12 heavy (non-hydrogen) atoms. The summed E-state index contributed by atoms with van der Waals surface area (Å²) in [6.07, 6.45) is 1.80. The number of hydrogen-bond acceptors (Lipinski definition) is 2. The van der Waals surface area contributed by atoms with E-state index in [1.165, 1.54) is 0 Å². The summed E-state index contributed by atoms with van der Waals surface area (Å²) >= 11 is 0. The molecule has 1 rings (SSSR count). The van der Waals surface area contributed by atoms with Gasteiger partial charge in [0.2, 0.25) is 0 Å². The largest absolute Gasteiger partial charge is 0.291 e. The van der Waals surface area contributed by atoms with Crippen LogP contribution in [0.1, 0.15) is 40.0 Å². The fourth-order valence-corrected chi connectivity index (χ4v) is 1.62. The number of hydrogen-bond donors (Lipinski definition) is 0. The van der Waals surface area contributed by atoms with E-state index in [2.05, 4.69) is 20.8 Å². The van der Waals surface area contributed by atoms with Crippen molar-refractivity contribution in [3.05, 3.63) is 0 Å². The third kappa shape index (κ3) is 1.93. The monoisotopic (exact) mass is 168 g/mol. The minimum Gasteiger partial charge on any atom is -0.291 e. The van der Waals surface area contributed by atoms with E-state index in [-0.39, 0.29) is 17.0 Å². The molecule has 0 aromatic heterocycles. The first-order valence-electron chi connectivity index (χ1n) is 4.47. The molecule has 0 heterocycles. The van der Waals surface area contributed by atoms with Crippen LogP contribution in [0.25, 0.3) is 0 Å². The Hall–Kier alpha value is -0.660. The van der Waals surface area contributed by atoms with Crippen molar-refractivity contribution < 1.29 is 9.59 Å². The normalized spacial score (nSPS) is 26.1. The number of carbonyl (C=O) groups excluding carboxylic acids is 2. The summed E-state index contributed by atoms with van der Waals surface area (Å²) in [5.74, 6) is 0.0550. The minimum atomic E-state index is -0.171. The van der Waals surface area contributed by atoms with E-state index in [1.807, 2.05) is 0 Å². The highest BCUT2D eigenvalue weighted by Gasteiger charge is 2.33. The van der Waals surface area contributed by atoms with E-state index < -0.39 is 0 Å². The maximum absolute atomic E-state index is 11.1. The second-order valence-corrected chi connectivity index (χ2v) is 4.65. The standard InChI is InChI=1S/C10H16O2/c1-10(2,3)7-4-5-8(11)9(12)6-7/h7H,4-6H2,1-3H3. The Kier molecular flexibility index (Phi) is 2.36. The average Bonchev–Trinajstić information content (AvgIpc) is 1.92. The maximum Gasteiger partial charge on any atom is 0.198 e. The van der Waals surface area contributed by atoms with Crippen LogP contribution in [0.15, 0.2) is 0 Å². The van der Waals surface area contributed by atoms with Gasteiger partial charge in [0.05, 0.1) is 0 Å². The Morgan fingerprint density at radius 3 is 2.17 bits per heavy atom. The summed E-state index contributed by atoms with van der Waals surface area (Å²) in [5, 5.41) is 0. The lowest BCUT2D eigenvalue weighted by Crippen LogP contribution is -2.31. The number of rotatable bonds is 0. The second kappa shape index (κ2) is 3.00. The lowest BCUT2D eigenvalue weighted by Gasteiger charge is -2.32. The van der Waals surface area contributed by atoms with Crippen LogP contribution in [0.3, 0.4) is 0 Å². The van der Waals surface area contributed by atoms with Crippen LogP contribution >= 0.6 is 0 Å². The van der Waals surface area contributed by atoms with Gasteiger partial charge in [-0.25, -0.2) is 0 Å². The molecule has 1 saturated carbocycles. The molecule has 0 aromatic carbocycles. The van der Waals surface area contributed by atoms with Crippen molar-refractivity contribution in [3.63, 3.8) is 0 Å². The predicted molar refractivity (Wildman–Crippen MR) is 46.8 cm³/mol. The Morgan fingerprint density at radius 1 is 1.17 bits per heavy atom. The highest BCUT2D eigenvalue weighted by atomic mass is 16.2. The average molecular weight is 168 g/mol. The smallest absolute Gasteiger partial charge is 0.198 e. The van der Waals surface area contributed by atoms with Gasteiger partial charge in [-0.05, 0) is 17.8 Å². The molecule has 0 amide bonds. The van der Waals surface area contributed by atoms with Crippen LogP contribution in [0.5, 0.6) is 0 Å². The van der Waals surface area contributed by atoms with Gasteiger partial charge in [-0.1, -0.05) is 20.8 Å². The maximum atomic E-state index is 11.1. The summed E-state index contributed by atoms with van der Waals surface area (Å²) in [6.45, 7) is 6.38. The van der Waals surface area contributed by atoms with Crippen molar-refractivity contribution >= 4 is 11.6 Å². The zero-order chi connectivity index (χ0) is 9.35. The second-order valence-electron chi connectivity index (χ2n) is 4.65. The van der Waals surface area contributed by atoms with Crippen LogP contribution in [-0.2, 0) is 9.59 Å². The molecule has 0 radical (unpaired) electrons. The fourth-order valence-electron chi connectivity index (χ4n) is 1.62. The first-order chi connectivity index (χ1) is 5.41. The van der Waals surface area contributed by atoms with Crippen LogP contribution < -0.4 is 0 Å². The zero-order valence-electron chi connectivity index (χ0n) is 8.02. The minimum absolute atomic E-state index is 0.163. The van der Waals surface area contributed by atoms with Crippen molar-refractivity contribution in [1.29, 1.82) is 0 Å². The molecule has 0 aromatic rings. The Labute approximate surface area is 73.3 Å². The fraction of sp³-hybridized carbons (Fsp3) is 0.800. The first-order valence-corrected chi connectivity index (χ1v) is 4.47. The molecule has 1 unspecified atom stereocenters. The lowest BCUT2D eigenvalue weighted by atomic mass is 9.72. The molecule has 1 aliphatic rings. The van der Waals surface area contributed by atoms with Gasteiger partial charge in [0.25, 0.3) is 0 Å². The summed E-state index contributed by atoms with van der Waals surface area (Å²) in [6, 6.07) is 0. The highest BCUT2D eigenvalue weighted by Crippen LogP contribution is 2.35. The van der Waals surface area contributed by atoms with E-state index in [9.17, 15) is 9.59 Å². The molecule has 1 fully saturated rings. The summed E-state index contributed by atoms with van der Waals surface area (Å²) in [7, 11) is 0. The van der Waals surface area contributed by atoms with Crippen LogP contribution in [0, 0.1) is 11.3 Å². The molecule has 1 atom stereocenters.